The Bertz CT molecular complexity index is 702. The molecule has 0 aliphatic rings. The van der Waals surface area contributed by atoms with E-state index in [9.17, 15) is 8.42 Å². The van der Waals surface area contributed by atoms with Gasteiger partial charge in [0, 0.05) is 12.4 Å². The largest absolute Gasteiger partial charge is 0.347 e. The predicted octanol–water partition coefficient (Wildman–Crippen LogP) is 1.32. The third-order valence-corrected chi connectivity index (χ3v) is 4.07. The van der Waals surface area contributed by atoms with Gasteiger partial charge in [-0.05, 0) is 25.1 Å². The summed E-state index contributed by atoms with van der Waals surface area (Å²) >= 11 is 0. The van der Waals surface area contributed by atoms with Crippen molar-refractivity contribution in [1.29, 1.82) is 5.26 Å². The Hall–Kier alpha value is -2.17. The van der Waals surface area contributed by atoms with Gasteiger partial charge in [0.25, 0.3) is 0 Å². The molecule has 1 atom stereocenters. The summed E-state index contributed by atoms with van der Waals surface area (Å²) in [7, 11) is -3.68. The van der Waals surface area contributed by atoms with E-state index < -0.39 is 16.1 Å². The Morgan fingerprint density at radius 2 is 2.26 bits per heavy atom. The van der Waals surface area contributed by atoms with Gasteiger partial charge in [-0.3, -0.25) is 0 Å². The lowest BCUT2D eigenvalue weighted by atomic mass is 10.2. The summed E-state index contributed by atoms with van der Waals surface area (Å²) in [6.45, 7) is 1.69. The minimum atomic E-state index is -3.68. The summed E-state index contributed by atoms with van der Waals surface area (Å²) in [6.07, 6.45) is 3.17. The molecule has 7 heteroatoms. The number of hydrogen-bond acceptors (Lipinski definition) is 4. The highest BCUT2D eigenvalue weighted by Gasteiger charge is 2.19. The monoisotopic (exact) mass is 276 g/mol. The van der Waals surface area contributed by atoms with Gasteiger partial charge in [0.15, 0.2) is 0 Å². The van der Waals surface area contributed by atoms with E-state index in [0.29, 0.717) is 11.4 Å². The molecule has 2 rings (SSSR count). The van der Waals surface area contributed by atoms with Gasteiger partial charge in [-0.2, -0.15) is 5.26 Å². The molecule has 0 fully saturated rings. The number of nitrogens with one attached hydrogen (secondary N) is 2. The van der Waals surface area contributed by atoms with E-state index in [4.69, 9.17) is 5.26 Å². The van der Waals surface area contributed by atoms with Gasteiger partial charge in [-0.1, -0.05) is 6.07 Å². The van der Waals surface area contributed by atoms with Crippen molar-refractivity contribution in [3.05, 3.63) is 48.0 Å². The lowest BCUT2D eigenvalue weighted by Gasteiger charge is -2.12. The minimum Gasteiger partial charge on any atom is -0.347 e. The molecule has 1 unspecified atom stereocenters. The van der Waals surface area contributed by atoms with Crippen LogP contribution in [0.1, 0.15) is 24.4 Å². The van der Waals surface area contributed by atoms with Gasteiger partial charge in [0.05, 0.1) is 22.6 Å². The molecule has 0 aliphatic heterocycles. The van der Waals surface area contributed by atoms with Crippen molar-refractivity contribution in [1.82, 2.24) is 14.7 Å². The predicted molar refractivity (Wildman–Crippen MR) is 68.5 cm³/mol. The summed E-state index contributed by atoms with van der Waals surface area (Å²) in [5.74, 6) is 0.528. The second-order valence-corrected chi connectivity index (χ2v) is 5.67. The molecule has 1 heterocycles. The summed E-state index contributed by atoms with van der Waals surface area (Å²) in [4.78, 5) is 6.90. The third kappa shape index (κ3) is 2.99. The summed E-state index contributed by atoms with van der Waals surface area (Å²) in [5, 5.41) is 8.78. The highest BCUT2D eigenvalue weighted by atomic mass is 32.2. The topological polar surface area (TPSA) is 98.6 Å². The van der Waals surface area contributed by atoms with Crippen LogP contribution in [0.2, 0.25) is 0 Å². The molecule has 2 aromatic rings. The first kappa shape index (κ1) is 13.3. The zero-order valence-corrected chi connectivity index (χ0v) is 11.0. The van der Waals surface area contributed by atoms with Crippen molar-refractivity contribution in [3.8, 4) is 6.07 Å². The highest BCUT2D eigenvalue weighted by molar-refractivity contribution is 7.89. The maximum absolute atomic E-state index is 12.1. The molecule has 2 N–H and O–H groups in total. The number of nitriles is 1. The molecular weight excluding hydrogens is 264 g/mol. The Morgan fingerprint density at radius 3 is 2.89 bits per heavy atom. The molecule has 1 aromatic heterocycles. The molecule has 1 aromatic carbocycles. The van der Waals surface area contributed by atoms with Gasteiger partial charge in [0.2, 0.25) is 10.0 Å². The zero-order chi connectivity index (χ0) is 13.9. The number of sulfonamides is 1. The molecule has 0 radical (unpaired) electrons. The average molecular weight is 276 g/mol. The van der Waals surface area contributed by atoms with Gasteiger partial charge in [-0.15, -0.1) is 0 Å². The molecule has 0 amide bonds. The number of benzene rings is 1. The number of imidazole rings is 1. The van der Waals surface area contributed by atoms with Crippen molar-refractivity contribution >= 4 is 10.0 Å². The molecular formula is C12H12N4O2S. The third-order valence-electron chi connectivity index (χ3n) is 2.53. The van der Waals surface area contributed by atoms with Crippen molar-refractivity contribution in [2.24, 2.45) is 0 Å². The van der Waals surface area contributed by atoms with E-state index in [1.54, 1.807) is 25.4 Å². The van der Waals surface area contributed by atoms with Crippen LogP contribution in [-0.4, -0.2) is 18.4 Å². The molecule has 0 bridgehead atoms. The number of H-pyrrole nitrogens is 1. The van der Waals surface area contributed by atoms with Crippen LogP contribution < -0.4 is 4.72 Å². The van der Waals surface area contributed by atoms with Crippen molar-refractivity contribution < 1.29 is 8.42 Å². The average Bonchev–Trinajstić information content (AvgIpc) is 2.92. The number of nitrogens with zero attached hydrogens (tertiary/aromatic N) is 2. The number of rotatable bonds is 4. The van der Waals surface area contributed by atoms with Crippen LogP contribution in [0, 0.1) is 11.3 Å². The van der Waals surface area contributed by atoms with Crippen LogP contribution in [0.25, 0.3) is 0 Å². The van der Waals surface area contributed by atoms with Gasteiger partial charge in [0.1, 0.15) is 5.82 Å². The fourth-order valence-electron chi connectivity index (χ4n) is 1.60. The normalized spacial score (nSPS) is 12.8. The molecule has 0 saturated carbocycles. The van der Waals surface area contributed by atoms with Crippen LogP contribution >= 0.6 is 0 Å². The Kier molecular flexibility index (Phi) is 3.64. The first-order valence-electron chi connectivity index (χ1n) is 5.55. The van der Waals surface area contributed by atoms with E-state index in [0.717, 1.165) is 0 Å². The first-order chi connectivity index (χ1) is 9.03. The van der Waals surface area contributed by atoms with Crippen molar-refractivity contribution in [2.75, 3.05) is 0 Å². The second kappa shape index (κ2) is 5.22. The lowest BCUT2D eigenvalue weighted by Crippen LogP contribution is -2.27. The Labute approximate surface area is 111 Å². The zero-order valence-electron chi connectivity index (χ0n) is 10.2. The summed E-state index contributed by atoms with van der Waals surface area (Å²) in [5.41, 5.74) is 0.300. The minimum absolute atomic E-state index is 0.0601. The number of aromatic nitrogens is 2. The smallest absolute Gasteiger partial charge is 0.241 e. The maximum Gasteiger partial charge on any atom is 0.241 e. The molecule has 19 heavy (non-hydrogen) atoms. The van der Waals surface area contributed by atoms with E-state index in [2.05, 4.69) is 14.7 Å². The van der Waals surface area contributed by atoms with Crippen LogP contribution in [0.15, 0.2) is 41.6 Å². The molecule has 6 nitrogen and oxygen atoms in total. The quantitative estimate of drug-likeness (QED) is 0.879. The van der Waals surface area contributed by atoms with Crippen LogP contribution in [0.5, 0.6) is 0 Å². The second-order valence-electron chi connectivity index (χ2n) is 3.96. The number of aromatic amines is 1. The van der Waals surface area contributed by atoms with Crippen LogP contribution in [0.3, 0.4) is 0 Å². The van der Waals surface area contributed by atoms with E-state index in [1.807, 2.05) is 6.07 Å². The van der Waals surface area contributed by atoms with Crippen LogP contribution in [-0.2, 0) is 10.0 Å². The maximum atomic E-state index is 12.1. The fraction of sp³-hybridized carbons (Fsp3) is 0.167. The van der Waals surface area contributed by atoms with Gasteiger partial charge >= 0.3 is 0 Å². The van der Waals surface area contributed by atoms with Crippen molar-refractivity contribution in [2.45, 2.75) is 17.9 Å². The van der Waals surface area contributed by atoms with E-state index in [-0.39, 0.29) is 4.90 Å². The molecule has 0 spiro atoms. The highest BCUT2D eigenvalue weighted by Crippen LogP contribution is 2.15. The standard InChI is InChI=1S/C12H12N4O2S/c1-9(12-14-5-6-15-12)16-19(17,18)11-4-2-3-10(7-11)8-13/h2-7,9,16H,1H3,(H,14,15). The SMILES string of the molecule is CC(NS(=O)(=O)c1cccc(C#N)c1)c1ncc[nH]1. The molecule has 98 valence electrons. The Balaban J connectivity index is 2.25. The lowest BCUT2D eigenvalue weighted by molar-refractivity contribution is 0.561. The van der Waals surface area contributed by atoms with Crippen LogP contribution in [0.4, 0.5) is 0 Å². The van der Waals surface area contributed by atoms with Gasteiger partial charge in [-0.25, -0.2) is 18.1 Å². The van der Waals surface area contributed by atoms with E-state index in [1.165, 1.54) is 18.2 Å². The molecule has 0 saturated heterocycles. The molecule has 0 aliphatic carbocycles. The van der Waals surface area contributed by atoms with Gasteiger partial charge < -0.3 is 4.98 Å². The summed E-state index contributed by atoms with van der Waals surface area (Å²) < 4.78 is 26.8. The van der Waals surface area contributed by atoms with Crippen molar-refractivity contribution in [3.63, 3.8) is 0 Å². The van der Waals surface area contributed by atoms with E-state index >= 15 is 0 Å². The Morgan fingerprint density at radius 1 is 1.47 bits per heavy atom. The summed E-state index contributed by atoms with van der Waals surface area (Å²) in [6, 6.07) is 7.28. The fourth-order valence-corrected chi connectivity index (χ4v) is 2.86. The first-order valence-corrected chi connectivity index (χ1v) is 7.03. The number of hydrogen-bond donors (Lipinski definition) is 2.